The first-order valence-corrected chi connectivity index (χ1v) is 17.5. The molecule has 0 radical (unpaired) electrons. The smallest absolute Gasteiger partial charge is 0.257 e. The fourth-order valence-electron chi connectivity index (χ4n) is 8.65. The second-order valence-corrected chi connectivity index (χ2v) is 14.8. The van der Waals surface area contributed by atoms with E-state index in [0.29, 0.717) is 41.7 Å². The number of hydrogen-bond acceptors (Lipinski definition) is 8. The lowest BCUT2D eigenvalue weighted by atomic mass is 9.71. The van der Waals surface area contributed by atoms with Gasteiger partial charge in [0.05, 0.1) is 38.8 Å². The van der Waals surface area contributed by atoms with Crippen molar-refractivity contribution < 1.29 is 18.0 Å². The van der Waals surface area contributed by atoms with Crippen LogP contribution in [0.1, 0.15) is 69.6 Å². The summed E-state index contributed by atoms with van der Waals surface area (Å²) in [6.45, 7) is 2.49. The van der Waals surface area contributed by atoms with Gasteiger partial charge in [-0.2, -0.15) is 0 Å². The molecular weight excluding hydrogens is 643 g/mol. The van der Waals surface area contributed by atoms with Crippen molar-refractivity contribution in [3.8, 4) is 21.9 Å². The third-order valence-corrected chi connectivity index (χ3v) is 12.0. The van der Waals surface area contributed by atoms with Crippen LogP contribution < -0.4 is 5.32 Å². The Morgan fingerprint density at radius 3 is 2.65 bits per heavy atom. The zero-order valence-electron chi connectivity index (χ0n) is 26.6. The molecule has 1 amide bonds. The van der Waals surface area contributed by atoms with Gasteiger partial charge in [0, 0.05) is 30.1 Å². The predicted molar refractivity (Wildman–Crippen MR) is 181 cm³/mol. The van der Waals surface area contributed by atoms with E-state index in [1.165, 1.54) is 18.2 Å². The molecule has 3 aliphatic heterocycles. The van der Waals surface area contributed by atoms with Crippen LogP contribution >= 0.6 is 11.3 Å². The lowest BCUT2D eigenvalue weighted by Crippen LogP contribution is -2.40. The van der Waals surface area contributed by atoms with Crippen LogP contribution in [0.5, 0.6) is 0 Å². The van der Waals surface area contributed by atoms with Crippen LogP contribution in [-0.2, 0) is 24.8 Å². The van der Waals surface area contributed by atoms with Crippen LogP contribution in [0.2, 0.25) is 0 Å². The number of carbonyl (C=O) groups is 1. The molecule has 2 aliphatic carbocycles. The van der Waals surface area contributed by atoms with Crippen LogP contribution in [0.3, 0.4) is 0 Å². The van der Waals surface area contributed by atoms with Gasteiger partial charge in [-0.25, -0.2) is 13.8 Å². The number of rotatable bonds is 7. The van der Waals surface area contributed by atoms with Crippen LogP contribution in [-0.4, -0.2) is 37.5 Å². The molecule has 3 fully saturated rings. The number of nitrogens with zero attached hydrogens (tertiary/aromatic N) is 5. The van der Waals surface area contributed by atoms with Crippen molar-refractivity contribution >= 4 is 33.1 Å². The van der Waals surface area contributed by atoms with E-state index in [1.807, 2.05) is 17.0 Å². The monoisotopic (exact) mass is 672 g/mol. The van der Waals surface area contributed by atoms with Crippen LogP contribution in [0.25, 0.3) is 32.0 Å². The summed E-state index contributed by atoms with van der Waals surface area (Å²) in [4.78, 5) is 27.4. The van der Waals surface area contributed by atoms with Crippen molar-refractivity contribution in [2.75, 3.05) is 11.9 Å². The lowest BCUT2D eigenvalue weighted by molar-refractivity contribution is 0.0637. The van der Waals surface area contributed by atoms with Crippen molar-refractivity contribution in [1.82, 2.24) is 25.1 Å². The quantitative estimate of drug-likeness (QED) is 0.184. The minimum absolute atomic E-state index is 0.00352. The van der Waals surface area contributed by atoms with Crippen molar-refractivity contribution in [2.45, 2.75) is 57.0 Å². The molecule has 1 N–H and O–H groups in total. The normalized spacial score (nSPS) is 21.6. The van der Waals surface area contributed by atoms with Gasteiger partial charge in [-0.15, -0.1) is 21.5 Å². The summed E-state index contributed by atoms with van der Waals surface area (Å²) in [6, 6.07) is 15.7. The summed E-state index contributed by atoms with van der Waals surface area (Å²) in [5.41, 5.74) is 6.41. The highest BCUT2D eigenvalue weighted by molar-refractivity contribution is 7.23. The molecule has 11 rings (SSSR count). The number of pyridine rings is 2. The van der Waals surface area contributed by atoms with Crippen molar-refractivity contribution in [3.63, 3.8) is 0 Å². The zero-order chi connectivity index (χ0) is 33.0. The van der Waals surface area contributed by atoms with Crippen LogP contribution in [0.4, 0.5) is 14.6 Å². The van der Waals surface area contributed by atoms with Crippen molar-refractivity contribution in [1.29, 1.82) is 0 Å². The highest BCUT2D eigenvalue weighted by Crippen LogP contribution is 2.63. The summed E-state index contributed by atoms with van der Waals surface area (Å²) in [5.74, 6) is 1.51. The Bertz CT molecular complexity index is 2340. The average molecular weight is 673 g/mol. The molecule has 49 heavy (non-hydrogen) atoms. The molecule has 2 saturated heterocycles. The molecule has 244 valence electrons. The first kappa shape index (κ1) is 28.9. The van der Waals surface area contributed by atoms with E-state index in [4.69, 9.17) is 14.4 Å². The SMILES string of the molecule is Cc1nnc(-c2c(CCc3ccc(F)cc3)nc3c(c2-c2cc4ccnc(N[C@H]5CCc6cc(F)ccc65)c4s2)C(=O)N2CC4CC32C4)o1. The maximum atomic E-state index is 14.4. The lowest BCUT2D eigenvalue weighted by Gasteiger charge is -2.37. The van der Waals surface area contributed by atoms with Gasteiger partial charge in [0.25, 0.3) is 5.91 Å². The zero-order valence-corrected chi connectivity index (χ0v) is 27.4. The maximum absolute atomic E-state index is 14.4. The van der Waals surface area contributed by atoms with E-state index < -0.39 is 0 Å². The van der Waals surface area contributed by atoms with E-state index in [1.54, 1.807) is 42.7 Å². The van der Waals surface area contributed by atoms with Gasteiger partial charge in [-0.3, -0.25) is 9.78 Å². The molecule has 8 nitrogen and oxygen atoms in total. The summed E-state index contributed by atoms with van der Waals surface area (Å²) in [7, 11) is 0. The van der Waals surface area contributed by atoms with E-state index in [9.17, 15) is 13.6 Å². The first-order chi connectivity index (χ1) is 23.8. The Morgan fingerprint density at radius 1 is 1.00 bits per heavy atom. The molecule has 11 heteroatoms. The number of thiophene rings is 1. The summed E-state index contributed by atoms with van der Waals surface area (Å²) in [5, 5.41) is 13.3. The van der Waals surface area contributed by atoms with Gasteiger partial charge in [0.2, 0.25) is 11.8 Å². The Labute approximate surface area is 284 Å². The minimum Gasteiger partial charge on any atom is -0.421 e. The number of amides is 1. The highest BCUT2D eigenvalue weighted by atomic mass is 32.1. The Kier molecular flexibility index (Phi) is 6.19. The third kappa shape index (κ3) is 4.34. The van der Waals surface area contributed by atoms with E-state index in [-0.39, 0.29) is 29.1 Å². The molecular formula is C38H30F2N6O2S. The third-order valence-electron chi connectivity index (χ3n) is 10.9. The number of fused-ring (bicyclic) bond motifs is 3. The molecule has 1 spiro atoms. The number of nitrogens with one attached hydrogen (secondary N) is 1. The second-order valence-electron chi connectivity index (χ2n) is 13.8. The van der Waals surface area contributed by atoms with E-state index in [2.05, 4.69) is 21.6 Å². The molecule has 5 aliphatic rings. The topological polar surface area (TPSA) is 97.0 Å². The Balaban J connectivity index is 1.15. The van der Waals surface area contributed by atoms with Crippen LogP contribution in [0.15, 0.2) is 65.2 Å². The van der Waals surface area contributed by atoms with Crippen LogP contribution in [0, 0.1) is 24.5 Å². The number of anilines is 1. The Hall–Kier alpha value is -5.03. The number of aromatic nitrogens is 4. The maximum Gasteiger partial charge on any atom is 0.257 e. The minimum atomic E-state index is -0.375. The van der Waals surface area contributed by atoms with Gasteiger partial charge in [0.15, 0.2) is 0 Å². The molecule has 0 unspecified atom stereocenters. The Morgan fingerprint density at radius 2 is 1.84 bits per heavy atom. The standard InChI is InChI=1S/C38H30F2N6O2S/c1-19-44-45-36(48-19)30-28(10-4-20-2-6-24(39)7-3-20)42-34-32(37(47)46-18-21-16-38(34,46)17-21)31(30)29-15-23-12-13-41-35(33(23)49-29)43-27-11-5-22-14-25(40)8-9-26(22)27/h2-3,6-9,12-15,21,27H,4-5,10-11,16-18H2,1H3,(H,41,43)/t21?,27-,38?/m0/s1. The molecule has 1 atom stereocenters. The molecule has 2 aromatic carbocycles. The van der Waals surface area contributed by atoms with Crippen molar-refractivity contribution in [2.24, 2.45) is 5.92 Å². The van der Waals surface area contributed by atoms with Gasteiger partial charge in [0.1, 0.15) is 17.5 Å². The molecule has 4 aromatic heterocycles. The molecule has 2 bridgehead atoms. The summed E-state index contributed by atoms with van der Waals surface area (Å²) < 4.78 is 34.8. The van der Waals surface area contributed by atoms with E-state index in [0.717, 1.165) is 86.7 Å². The summed E-state index contributed by atoms with van der Waals surface area (Å²) in [6.07, 6.45) is 6.45. The number of aryl methyl sites for hydroxylation is 4. The molecule has 7 heterocycles. The van der Waals surface area contributed by atoms with E-state index >= 15 is 0 Å². The van der Waals surface area contributed by atoms with Gasteiger partial charge in [-0.1, -0.05) is 18.2 Å². The number of carbonyl (C=O) groups excluding carboxylic acids is 1. The summed E-state index contributed by atoms with van der Waals surface area (Å²) >= 11 is 1.58. The predicted octanol–water partition coefficient (Wildman–Crippen LogP) is 7.95. The largest absolute Gasteiger partial charge is 0.421 e. The second kappa shape index (κ2) is 10.5. The average Bonchev–Trinajstić information content (AvgIpc) is 3.93. The number of hydrogen-bond donors (Lipinski definition) is 1. The molecule has 6 aromatic rings. The first-order valence-electron chi connectivity index (χ1n) is 16.7. The van der Waals surface area contributed by atoms with Gasteiger partial charge < -0.3 is 14.6 Å². The fraction of sp³-hybridized carbons (Fsp3) is 0.289. The van der Waals surface area contributed by atoms with Crippen molar-refractivity contribution in [3.05, 3.63) is 112 Å². The number of benzene rings is 2. The molecule has 1 saturated carbocycles. The van der Waals surface area contributed by atoms with Gasteiger partial charge in [-0.05, 0) is 103 Å². The number of halogens is 2. The van der Waals surface area contributed by atoms with Gasteiger partial charge >= 0.3 is 0 Å². The highest BCUT2D eigenvalue weighted by Gasteiger charge is 2.65. The fourth-order valence-corrected chi connectivity index (χ4v) is 9.82.